The van der Waals surface area contributed by atoms with Crippen molar-refractivity contribution < 1.29 is 27.1 Å². The van der Waals surface area contributed by atoms with Crippen LogP contribution in [0.2, 0.25) is 0 Å². The normalized spacial score (nSPS) is 20.3. The molecule has 2 amide bonds. The molecule has 0 bridgehead atoms. The van der Waals surface area contributed by atoms with Gasteiger partial charge in [0.15, 0.2) is 0 Å². The van der Waals surface area contributed by atoms with Gasteiger partial charge in [0.05, 0.1) is 30.2 Å². The molecule has 0 spiro atoms. The van der Waals surface area contributed by atoms with Gasteiger partial charge >= 0.3 is 0 Å². The molecule has 0 N–H and O–H groups in total. The van der Waals surface area contributed by atoms with Gasteiger partial charge in [0.25, 0.3) is 5.91 Å². The van der Waals surface area contributed by atoms with Gasteiger partial charge in [-0.15, -0.1) is 0 Å². The summed E-state index contributed by atoms with van der Waals surface area (Å²) in [5.41, 5.74) is 0.217. The third-order valence-electron chi connectivity index (χ3n) is 5.65. The van der Waals surface area contributed by atoms with Crippen molar-refractivity contribution >= 4 is 27.5 Å². The van der Waals surface area contributed by atoms with Crippen LogP contribution in [0.1, 0.15) is 6.42 Å². The summed E-state index contributed by atoms with van der Waals surface area (Å²) in [6, 6.07) is 11.7. The second-order valence-corrected chi connectivity index (χ2v) is 9.54. The molecule has 2 heterocycles. The lowest BCUT2D eigenvalue weighted by Crippen LogP contribution is -2.49. The van der Waals surface area contributed by atoms with Crippen LogP contribution in [0.3, 0.4) is 0 Å². The number of carbonyl (C=O) groups is 2. The predicted molar refractivity (Wildman–Crippen MR) is 115 cm³/mol. The molecule has 0 aromatic heterocycles. The zero-order valence-corrected chi connectivity index (χ0v) is 18.2. The number of sulfonamides is 1. The van der Waals surface area contributed by atoms with Crippen molar-refractivity contribution in [3.8, 4) is 0 Å². The topological polar surface area (TPSA) is 87.2 Å². The highest BCUT2D eigenvalue weighted by Crippen LogP contribution is 2.29. The van der Waals surface area contributed by atoms with E-state index >= 15 is 0 Å². The number of rotatable bonds is 7. The average molecular weight is 462 g/mol. The van der Waals surface area contributed by atoms with Crippen LogP contribution >= 0.6 is 0 Å². The quantitative estimate of drug-likeness (QED) is 0.581. The maximum atomic E-state index is 13.5. The van der Waals surface area contributed by atoms with Crippen molar-refractivity contribution in [1.29, 1.82) is 0 Å². The Labute approximate surface area is 186 Å². The highest BCUT2D eigenvalue weighted by Gasteiger charge is 2.46. The molecule has 2 aliphatic heterocycles. The second kappa shape index (κ2) is 9.45. The SMILES string of the molecule is O=C1CC(N(CCN2CCOCC2)S(=O)(=O)c2ccccc2)C(=O)N1c1ccc(F)cc1. The minimum Gasteiger partial charge on any atom is -0.379 e. The Kier molecular flexibility index (Phi) is 6.66. The molecule has 32 heavy (non-hydrogen) atoms. The predicted octanol–water partition coefficient (Wildman–Crippen LogP) is 1.48. The highest BCUT2D eigenvalue weighted by molar-refractivity contribution is 7.89. The number of halogens is 1. The van der Waals surface area contributed by atoms with Crippen LogP contribution in [-0.2, 0) is 24.3 Å². The number of morpholine rings is 1. The second-order valence-electron chi connectivity index (χ2n) is 7.65. The molecule has 170 valence electrons. The Morgan fingerprint density at radius 1 is 1.00 bits per heavy atom. The van der Waals surface area contributed by atoms with E-state index < -0.39 is 33.7 Å². The summed E-state index contributed by atoms with van der Waals surface area (Å²) in [7, 11) is -4.04. The van der Waals surface area contributed by atoms with E-state index in [0.29, 0.717) is 32.8 Å². The maximum Gasteiger partial charge on any atom is 0.252 e. The van der Waals surface area contributed by atoms with Crippen LogP contribution in [0.25, 0.3) is 0 Å². The van der Waals surface area contributed by atoms with Crippen molar-refractivity contribution in [1.82, 2.24) is 9.21 Å². The monoisotopic (exact) mass is 461 g/mol. The number of amides is 2. The molecule has 1 unspecified atom stereocenters. The van der Waals surface area contributed by atoms with E-state index in [0.717, 1.165) is 21.3 Å². The van der Waals surface area contributed by atoms with E-state index in [1.54, 1.807) is 18.2 Å². The van der Waals surface area contributed by atoms with Gasteiger partial charge in [0.1, 0.15) is 11.9 Å². The Morgan fingerprint density at radius 3 is 2.31 bits per heavy atom. The van der Waals surface area contributed by atoms with Crippen molar-refractivity contribution in [3.63, 3.8) is 0 Å². The highest BCUT2D eigenvalue weighted by atomic mass is 32.2. The molecule has 2 aromatic rings. The first kappa shape index (κ1) is 22.5. The average Bonchev–Trinajstić information content (AvgIpc) is 3.09. The Morgan fingerprint density at radius 2 is 1.66 bits per heavy atom. The van der Waals surface area contributed by atoms with Crippen molar-refractivity contribution in [2.75, 3.05) is 44.3 Å². The van der Waals surface area contributed by atoms with E-state index in [4.69, 9.17) is 4.74 Å². The summed E-state index contributed by atoms with van der Waals surface area (Å²) < 4.78 is 46.7. The van der Waals surface area contributed by atoms with Crippen molar-refractivity contribution in [2.45, 2.75) is 17.4 Å². The van der Waals surface area contributed by atoms with E-state index in [1.165, 1.54) is 24.3 Å². The first-order valence-corrected chi connectivity index (χ1v) is 11.8. The maximum absolute atomic E-state index is 13.5. The van der Waals surface area contributed by atoms with Crippen LogP contribution in [0, 0.1) is 5.82 Å². The van der Waals surface area contributed by atoms with Gasteiger partial charge in [-0.2, -0.15) is 4.31 Å². The van der Waals surface area contributed by atoms with Crippen LogP contribution in [0.4, 0.5) is 10.1 Å². The van der Waals surface area contributed by atoms with Crippen molar-refractivity contribution in [2.24, 2.45) is 0 Å². The molecule has 8 nitrogen and oxygen atoms in total. The fourth-order valence-corrected chi connectivity index (χ4v) is 5.53. The number of nitrogens with zero attached hydrogens (tertiary/aromatic N) is 3. The third kappa shape index (κ3) is 4.58. The lowest BCUT2D eigenvalue weighted by Gasteiger charge is -2.31. The van der Waals surface area contributed by atoms with E-state index in [9.17, 15) is 22.4 Å². The number of ether oxygens (including phenoxy) is 1. The molecule has 2 saturated heterocycles. The van der Waals surface area contributed by atoms with E-state index in [-0.39, 0.29) is 23.5 Å². The number of hydrogen-bond donors (Lipinski definition) is 0. The van der Waals surface area contributed by atoms with Gasteiger partial charge in [-0.05, 0) is 36.4 Å². The molecule has 4 rings (SSSR count). The molecule has 0 radical (unpaired) electrons. The third-order valence-corrected chi connectivity index (χ3v) is 7.57. The molecule has 2 aromatic carbocycles. The summed E-state index contributed by atoms with van der Waals surface area (Å²) in [6.45, 7) is 2.91. The Hall–Kier alpha value is -2.66. The fraction of sp³-hybridized carbons (Fsp3) is 0.364. The summed E-state index contributed by atoms with van der Waals surface area (Å²) in [4.78, 5) is 29.0. The standard InChI is InChI=1S/C22H24FN3O5S/c23-17-6-8-18(9-7-17)26-21(27)16-20(22(26)28)25(11-10-24-12-14-31-15-13-24)32(29,30)19-4-2-1-3-5-19/h1-9,20H,10-16H2. The number of anilines is 1. The van der Waals surface area contributed by atoms with Gasteiger partial charge in [-0.1, -0.05) is 18.2 Å². The van der Waals surface area contributed by atoms with Gasteiger partial charge in [0.2, 0.25) is 15.9 Å². The zero-order chi connectivity index (χ0) is 22.7. The molecule has 0 saturated carbocycles. The van der Waals surface area contributed by atoms with Gasteiger partial charge in [-0.3, -0.25) is 14.5 Å². The van der Waals surface area contributed by atoms with Crippen LogP contribution in [0.5, 0.6) is 0 Å². The minimum absolute atomic E-state index is 0.0537. The smallest absolute Gasteiger partial charge is 0.252 e. The summed E-state index contributed by atoms with van der Waals surface area (Å²) in [6.07, 6.45) is -0.272. The molecule has 1 atom stereocenters. The molecule has 2 aliphatic rings. The number of hydrogen-bond acceptors (Lipinski definition) is 6. The molecular weight excluding hydrogens is 437 g/mol. The Balaban J connectivity index is 1.63. The van der Waals surface area contributed by atoms with E-state index in [2.05, 4.69) is 4.90 Å². The number of carbonyl (C=O) groups excluding carboxylic acids is 2. The lowest BCUT2D eigenvalue weighted by atomic mass is 10.2. The summed E-state index contributed by atoms with van der Waals surface area (Å²) >= 11 is 0. The zero-order valence-electron chi connectivity index (χ0n) is 17.4. The molecule has 10 heteroatoms. The van der Waals surface area contributed by atoms with Gasteiger partial charge in [-0.25, -0.2) is 17.7 Å². The van der Waals surface area contributed by atoms with Crippen LogP contribution < -0.4 is 4.90 Å². The molecule has 2 fully saturated rings. The van der Waals surface area contributed by atoms with Crippen molar-refractivity contribution in [3.05, 3.63) is 60.4 Å². The van der Waals surface area contributed by atoms with Gasteiger partial charge in [0, 0.05) is 26.2 Å². The van der Waals surface area contributed by atoms with Crippen LogP contribution in [-0.4, -0.2) is 74.9 Å². The number of imide groups is 1. The lowest BCUT2D eigenvalue weighted by molar-refractivity contribution is -0.122. The molecular formula is C22H24FN3O5S. The molecule has 0 aliphatic carbocycles. The Bertz CT molecular complexity index is 1070. The summed E-state index contributed by atoms with van der Waals surface area (Å²) in [5, 5.41) is 0. The first-order valence-electron chi connectivity index (χ1n) is 10.4. The van der Waals surface area contributed by atoms with Crippen LogP contribution in [0.15, 0.2) is 59.5 Å². The first-order chi connectivity index (χ1) is 15.4. The number of benzene rings is 2. The van der Waals surface area contributed by atoms with Gasteiger partial charge < -0.3 is 4.74 Å². The minimum atomic E-state index is -4.04. The van der Waals surface area contributed by atoms with E-state index in [1.807, 2.05) is 0 Å². The fourth-order valence-electron chi connectivity index (χ4n) is 3.94. The largest absolute Gasteiger partial charge is 0.379 e. The summed E-state index contributed by atoms with van der Waals surface area (Å²) in [5.74, 6) is -1.66.